The summed E-state index contributed by atoms with van der Waals surface area (Å²) in [6.07, 6.45) is 4.63. The van der Waals surface area contributed by atoms with Crippen LogP contribution in [0.25, 0.3) is 11.3 Å². The van der Waals surface area contributed by atoms with Crippen molar-refractivity contribution >= 4 is 0 Å². The molecule has 0 fully saturated rings. The van der Waals surface area contributed by atoms with Crippen molar-refractivity contribution in [2.24, 2.45) is 0 Å². The van der Waals surface area contributed by atoms with E-state index in [1.54, 1.807) is 7.11 Å². The molecule has 0 unspecified atom stereocenters. The summed E-state index contributed by atoms with van der Waals surface area (Å²) < 4.78 is 6.99. The lowest BCUT2D eigenvalue weighted by atomic mass is 10.1. The average Bonchev–Trinajstić information content (AvgIpc) is 2.94. The fraction of sp³-hybridized carbons (Fsp3) is 0.438. The number of aromatic nitrogens is 3. The molecule has 21 heavy (non-hydrogen) atoms. The first-order valence-electron chi connectivity index (χ1n) is 7.28. The third kappa shape index (κ3) is 3.60. The number of rotatable bonds is 7. The van der Waals surface area contributed by atoms with Gasteiger partial charge in [-0.1, -0.05) is 31.4 Å². The van der Waals surface area contributed by atoms with E-state index in [-0.39, 0.29) is 0 Å². The SMILES string of the molecule is CCCCCCn1nnc(C#N)c1-c1ccc(OC)cc1. The van der Waals surface area contributed by atoms with Gasteiger partial charge in [0.25, 0.3) is 0 Å². The number of aryl methyl sites for hydroxylation is 1. The molecule has 0 N–H and O–H groups in total. The van der Waals surface area contributed by atoms with Gasteiger partial charge in [0.05, 0.1) is 7.11 Å². The molecule has 5 heteroatoms. The molecule has 1 aromatic carbocycles. The third-order valence-electron chi connectivity index (χ3n) is 3.43. The summed E-state index contributed by atoms with van der Waals surface area (Å²) >= 11 is 0. The number of nitriles is 1. The van der Waals surface area contributed by atoms with Crippen LogP contribution in [0, 0.1) is 11.3 Å². The lowest BCUT2D eigenvalue weighted by Crippen LogP contribution is -2.03. The summed E-state index contributed by atoms with van der Waals surface area (Å²) in [7, 11) is 1.63. The molecule has 0 bridgehead atoms. The van der Waals surface area contributed by atoms with E-state index in [1.807, 2.05) is 28.9 Å². The number of nitrogens with zero attached hydrogens (tertiary/aromatic N) is 4. The van der Waals surface area contributed by atoms with Crippen molar-refractivity contribution < 1.29 is 4.74 Å². The van der Waals surface area contributed by atoms with E-state index in [4.69, 9.17) is 4.74 Å². The van der Waals surface area contributed by atoms with Crippen LogP contribution in [-0.4, -0.2) is 22.1 Å². The number of ether oxygens (including phenoxy) is 1. The first kappa shape index (κ1) is 15.0. The Labute approximate surface area is 125 Å². The maximum Gasteiger partial charge on any atom is 0.190 e. The molecule has 0 aliphatic carbocycles. The van der Waals surface area contributed by atoms with Gasteiger partial charge >= 0.3 is 0 Å². The van der Waals surface area contributed by atoms with E-state index < -0.39 is 0 Å². The normalized spacial score (nSPS) is 10.3. The zero-order valence-corrected chi connectivity index (χ0v) is 12.5. The van der Waals surface area contributed by atoms with Crippen molar-refractivity contribution in [3.8, 4) is 23.1 Å². The van der Waals surface area contributed by atoms with Gasteiger partial charge in [0.15, 0.2) is 5.69 Å². The minimum atomic E-state index is 0.371. The summed E-state index contributed by atoms with van der Waals surface area (Å²) in [5, 5.41) is 17.3. The molecule has 5 nitrogen and oxygen atoms in total. The van der Waals surface area contributed by atoms with E-state index in [9.17, 15) is 5.26 Å². The van der Waals surface area contributed by atoms with Gasteiger partial charge in [-0.15, -0.1) is 5.10 Å². The average molecular weight is 284 g/mol. The molecule has 0 aliphatic heterocycles. The monoisotopic (exact) mass is 284 g/mol. The highest BCUT2D eigenvalue weighted by Crippen LogP contribution is 2.24. The summed E-state index contributed by atoms with van der Waals surface area (Å²) in [5.41, 5.74) is 2.10. The van der Waals surface area contributed by atoms with Crippen molar-refractivity contribution in [1.29, 1.82) is 5.26 Å². The van der Waals surface area contributed by atoms with Gasteiger partial charge in [-0.25, -0.2) is 4.68 Å². The van der Waals surface area contributed by atoms with E-state index >= 15 is 0 Å². The second kappa shape index (κ2) is 7.44. The Morgan fingerprint density at radius 2 is 1.95 bits per heavy atom. The Bertz CT molecular complexity index is 610. The molecule has 1 aromatic heterocycles. The van der Waals surface area contributed by atoms with Gasteiger partial charge in [0.2, 0.25) is 0 Å². The van der Waals surface area contributed by atoms with Crippen LogP contribution in [0.15, 0.2) is 24.3 Å². The van der Waals surface area contributed by atoms with Crippen LogP contribution in [0.2, 0.25) is 0 Å². The maximum atomic E-state index is 9.21. The molecular formula is C16H20N4O. The molecule has 0 radical (unpaired) electrons. The van der Waals surface area contributed by atoms with E-state index in [0.29, 0.717) is 5.69 Å². The Morgan fingerprint density at radius 1 is 1.19 bits per heavy atom. The maximum absolute atomic E-state index is 9.21. The Kier molecular flexibility index (Phi) is 5.33. The van der Waals surface area contributed by atoms with Crippen molar-refractivity contribution in [2.75, 3.05) is 7.11 Å². The molecule has 0 aliphatic rings. The van der Waals surface area contributed by atoms with Crippen molar-refractivity contribution in [3.05, 3.63) is 30.0 Å². The van der Waals surface area contributed by atoms with Gasteiger partial charge < -0.3 is 4.74 Å². The molecule has 0 saturated carbocycles. The van der Waals surface area contributed by atoms with Gasteiger partial charge in [0.1, 0.15) is 17.5 Å². The highest BCUT2D eigenvalue weighted by molar-refractivity contribution is 5.65. The molecule has 0 spiro atoms. The van der Waals surface area contributed by atoms with Gasteiger partial charge in [-0.3, -0.25) is 0 Å². The van der Waals surface area contributed by atoms with E-state index in [1.165, 1.54) is 19.3 Å². The van der Waals surface area contributed by atoms with Crippen molar-refractivity contribution in [1.82, 2.24) is 15.0 Å². The van der Waals surface area contributed by atoms with Crippen LogP contribution in [0.4, 0.5) is 0 Å². The standard InChI is InChI=1S/C16H20N4O/c1-3-4-5-6-11-20-16(15(12-17)18-19-20)13-7-9-14(21-2)10-8-13/h7-10H,3-6,11H2,1-2H3. The summed E-state index contributed by atoms with van der Waals surface area (Å²) in [6.45, 7) is 2.97. The molecule has 0 atom stereocenters. The summed E-state index contributed by atoms with van der Waals surface area (Å²) in [5.74, 6) is 0.791. The Hall–Kier alpha value is -2.35. The fourth-order valence-corrected chi connectivity index (χ4v) is 2.27. The number of methoxy groups -OCH3 is 1. The minimum absolute atomic E-state index is 0.371. The van der Waals surface area contributed by atoms with Crippen LogP contribution >= 0.6 is 0 Å². The lowest BCUT2D eigenvalue weighted by molar-refractivity contribution is 0.415. The van der Waals surface area contributed by atoms with Crippen LogP contribution in [0.1, 0.15) is 38.3 Å². The van der Waals surface area contributed by atoms with Crippen LogP contribution in [0.5, 0.6) is 5.75 Å². The fourth-order valence-electron chi connectivity index (χ4n) is 2.27. The number of unbranched alkanes of at least 4 members (excludes halogenated alkanes) is 3. The number of hydrogen-bond acceptors (Lipinski definition) is 4. The van der Waals surface area contributed by atoms with Gasteiger partial charge in [-0.05, 0) is 30.7 Å². The zero-order valence-electron chi connectivity index (χ0n) is 12.5. The first-order chi connectivity index (χ1) is 10.3. The largest absolute Gasteiger partial charge is 0.497 e. The first-order valence-corrected chi connectivity index (χ1v) is 7.28. The number of benzene rings is 1. The molecule has 2 rings (SSSR count). The predicted octanol–water partition coefficient (Wildman–Crippen LogP) is 3.41. The molecular weight excluding hydrogens is 264 g/mol. The molecule has 1 heterocycles. The second-order valence-corrected chi connectivity index (χ2v) is 4.91. The molecule has 2 aromatic rings. The Balaban J connectivity index is 2.23. The van der Waals surface area contributed by atoms with Crippen LogP contribution < -0.4 is 4.74 Å². The molecule has 0 saturated heterocycles. The van der Waals surface area contributed by atoms with E-state index in [0.717, 1.165) is 30.0 Å². The molecule has 110 valence electrons. The van der Waals surface area contributed by atoms with Gasteiger partial charge in [-0.2, -0.15) is 5.26 Å². The minimum Gasteiger partial charge on any atom is -0.497 e. The third-order valence-corrected chi connectivity index (χ3v) is 3.43. The predicted molar refractivity (Wildman–Crippen MR) is 80.9 cm³/mol. The summed E-state index contributed by atoms with van der Waals surface area (Å²) in [6, 6.07) is 9.74. The van der Waals surface area contributed by atoms with Crippen LogP contribution in [0.3, 0.4) is 0 Å². The smallest absolute Gasteiger partial charge is 0.190 e. The second-order valence-electron chi connectivity index (χ2n) is 4.91. The van der Waals surface area contributed by atoms with Gasteiger partial charge in [0, 0.05) is 12.1 Å². The highest BCUT2D eigenvalue weighted by Gasteiger charge is 2.14. The van der Waals surface area contributed by atoms with E-state index in [2.05, 4.69) is 23.3 Å². The highest BCUT2D eigenvalue weighted by atomic mass is 16.5. The van der Waals surface area contributed by atoms with Crippen LogP contribution in [-0.2, 0) is 6.54 Å². The Morgan fingerprint density at radius 3 is 2.57 bits per heavy atom. The topological polar surface area (TPSA) is 63.7 Å². The van der Waals surface area contributed by atoms with Crippen molar-refractivity contribution in [3.63, 3.8) is 0 Å². The summed E-state index contributed by atoms with van der Waals surface area (Å²) in [4.78, 5) is 0. The van der Waals surface area contributed by atoms with Crippen molar-refractivity contribution in [2.45, 2.75) is 39.2 Å². The zero-order chi connectivity index (χ0) is 15.1. The molecule has 0 amide bonds. The quantitative estimate of drug-likeness (QED) is 0.731. The lowest BCUT2D eigenvalue weighted by Gasteiger charge is -2.07. The number of hydrogen-bond donors (Lipinski definition) is 0.